The van der Waals surface area contributed by atoms with E-state index in [0.717, 1.165) is 10.8 Å². The maximum atomic E-state index is 10.6. The molecular formula is C26H30O7. The molecule has 176 valence electrons. The highest BCUT2D eigenvalue weighted by Crippen LogP contribution is 2.40. The molecule has 5 atom stereocenters. The number of allylic oxidation sites excluding steroid dienone is 2. The van der Waals surface area contributed by atoms with Gasteiger partial charge in [-0.3, -0.25) is 4.79 Å². The van der Waals surface area contributed by atoms with Gasteiger partial charge in [0.2, 0.25) is 0 Å². The summed E-state index contributed by atoms with van der Waals surface area (Å²) in [4.78, 5) is 10.6. The molecule has 7 heteroatoms. The topological polar surface area (TPSA) is 116 Å². The van der Waals surface area contributed by atoms with Crippen LogP contribution in [-0.2, 0) is 4.79 Å². The fourth-order valence-corrected chi connectivity index (χ4v) is 4.58. The Labute approximate surface area is 192 Å². The van der Waals surface area contributed by atoms with Crippen molar-refractivity contribution in [3.05, 3.63) is 60.7 Å². The maximum absolute atomic E-state index is 10.6. The van der Waals surface area contributed by atoms with Crippen molar-refractivity contribution in [1.82, 2.24) is 0 Å². The predicted octanol–water partition coefficient (Wildman–Crippen LogP) is 3.41. The fraction of sp³-hybridized carbons (Fsp3) is 0.423. The van der Waals surface area contributed by atoms with Crippen LogP contribution in [0.3, 0.4) is 0 Å². The third-order valence-electron chi connectivity index (χ3n) is 6.36. The highest BCUT2D eigenvalue weighted by atomic mass is 16.7. The number of benzene rings is 2. The average molecular weight is 455 g/mol. The van der Waals surface area contributed by atoms with Gasteiger partial charge in [0.25, 0.3) is 6.29 Å². The average Bonchev–Trinajstić information content (AvgIpc) is 3.32. The van der Waals surface area contributed by atoms with E-state index in [1.807, 2.05) is 48.6 Å². The molecule has 0 saturated heterocycles. The first-order chi connectivity index (χ1) is 15.9. The van der Waals surface area contributed by atoms with E-state index in [9.17, 15) is 20.1 Å². The molecule has 2 aromatic rings. The zero-order chi connectivity index (χ0) is 23.4. The summed E-state index contributed by atoms with van der Waals surface area (Å²) < 4.78 is 11.6. The van der Waals surface area contributed by atoms with Crippen molar-refractivity contribution in [1.29, 1.82) is 0 Å². The predicted molar refractivity (Wildman–Crippen MR) is 123 cm³/mol. The molecule has 0 radical (unpaired) electrons. The molecule has 7 nitrogen and oxygen atoms in total. The van der Waals surface area contributed by atoms with E-state index in [2.05, 4.69) is 0 Å². The van der Waals surface area contributed by atoms with Crippen molar-refractivity contribution >= 4 is 16.7 Å². The lowest BCUT2D eigenvalue weighted by atomic mass is 9.89. The van der Waals surface area contributed by atoms with Crippen molar-refractivity contribution < 1.29 is 34.7 Å². The number of ether oxygens (including phenoxy) is 2. The number of rotatable bonds is 9. The quantitative estimate of drug-likeness (QED) is 0.339. The van der Waals surface area contributed by atoms with Crippen LogP contribution in [0.2, 0.25) is 0 Å². The van der Waals surface area contributed by atoms with E-state index in [-0.39, 0.29) is 24.7 Å². The van der Waals surface area contributed by atoms with Gasteiger partial charge < -0.3 is 29.9 Å². The molecule has 4 N–H and O–H groups in total. The molecular weight excluding hydrogens is 424 g/mol. The number of carboxylic acids is 1. The number of aliphatic hydroxyl groups is 3. The molecule has 1 fully saturated rings. The van der Waals surface area contributed by atoms with Crippen molar-refractivity contribution in [2.24, 2.45) is 11.8 Å². The molecule has 1 aliphatic carbocycles. The van der Waals surface area contributed by atoms with E-state index in [4.69, 9.17) is 14.6 Å². The highest BCUT2D eigenvalue weighted by Gasteiger charge is 2.40. The van der Waals surface area contributed by atoms with Crippen LogP contribution in [0.5, 0.6) is 11.5 Å². The number of hydrogen-bond donors (Lipinski definition) is 4. The summed E-state index contributed by atoms with van der Waals surface area (Å²) in [6.45, 7) is 0. The fourth-order valence-electron chi connectivity index (χ4n) is 4.58. The molecule has 0 spiro atoms. The van der Waals surface area contributed by atoms with Crippen LogP contribution >= 0.6 is 0 Å². The second-order valence-corrected chi connectivity index (χ2v) is 8.73. The molecule has 33 heavy (non-hydrogen) atoms. The van der Waals surface area contributed by atoms with Gasteiger partial charge in [-0.15, -0.1) is 0 Å². The summed E-state index contributed by atoms with van der Waals surface area (Å²) >= 11 is 0. The highest BCUT2D eigenvalue weighted by molar-refractivity contribution is 5.86. The molecule has 0 bridgehead atoms. The summed E-state index contributed by atoms with van der Waals surface area (Å²) in [6, 6.07) is 11.6. The first-order valence-electron chi connectivity index (χ1n) is 11.4. The maximum Gasteiger partial charge on any atom is 0.303 e. The number of aliphatic carboxylic acids is 1. The number of fused-ring (bicyclic) bond motifs is 2. The number of aliphatic hydroxyl groups excluding tert-OH is 3. The molecule has 1 heterocycles. The smallest absolute Gasteiger partial charge is 0.303 e. The molecule has 4 rings (SSSR count). The van der Waals surface area contributed by atoms with Crippen LogP contribution in [0.25, 0.3) is 10.8 Å². The lowest BCUT2D eigenvalue weighted by Crippen LogP contribution is -2.32. The lowest BCUT2D eigenvalue weighted by molar-refractivity contribution is -0.137. The van der Waals surface area contributed by atoms with Gasteiger partial charge in [0.1, 0.15) is 6.10 Å². The Morgan fingerprint density at radius 1 is 1.06 bits per heavy atom. The van der Waals surface area contributed by atoms with Gasteiger partial charge in [-0.25, -0.2) is 0 Å². The minimum atomic E-state index is -1.04. The lowest BCUT2D eigenvalue weighted by Gasteiger charge is -2.20. The van der Waals surface area contributed by atoms with Crippen molar-refractivity contribution in [2.75, 3.05) is 0 Å². The Morgan fingerprint density at radius 3 is 2.36 bits per heavy atom. The van der Waals surface area contributed by atoms with Crippen LogP contribution in [0.1, 0.15) is 32.1 Å². The van der Waals surface area contributed by atoms with Crippen molar-refractivity contribution in [3.8, 4) is 11.5 Å². The minimum Gasteiger partial charge on any atom is -0.481 e. The third-order valence-corrected chi connectivity index (χ3v) is 6.36. The second kappa shape index (κ2) is 10.4. The Kier molecular flexibility index (Phi) is 7.33. The Hall–Kier alpha value is -2.87. The van der Waals surface area contributed by atoms with Gasteiger partial charge in [-0.05, 0) is 48.1 Å². The second-order valence-electron chi connectivity index (χ2n) is 8.73. The van der Waals surface area contributed by atoms with Crippen molar-refractivity contribution in [3.63, 3.8) is 0 Å². The van der Waals surface area contributed by atoms with Crippen LogP contribution in [-0.4, -0.2) is 51.0 Å². The number of carbonyl (C=O) groups is 1. The van der Waals surface area contributed by atoms with E-state index in [1.165, 1.54) is 0 Å². The summed E-state index contributed by atoms with van der Waals surface area (Å²) in [6.07, 6.45) is 6.04. The largest absolute Gasteiger partial charge is 0.481 e. The molecule has 0 aromatic heterocycles. The van der Waals surface area contributed by atoms with E-state index in [1.54, 1.807) is 12.2 Å². The normalized spacial score (nSPS) is 26.0. The van der Waals surface area contributed by atoms with Gasteiger partial charge in [0.05, 0.1) is 12.2 Å². The van der Waals surface area contributed by atoms with E-state index >= 15 is 0 Å². The van der Waals surface area contributed by atoms with Crippen molar-refractivity contribution in [2.45, 2.75) is 56.7 Å². The monoisotopic (exact) mass is 454 g/mol. The van der Waals surface area contributed by atoms with Crippen LogP contribution in [0.4, 0.5) is 0 Å². The van der Waals surface area contributed by atoms with Gasteiger partial charge >= 0.3 is 5.97 Å². The number of hydrogen-bond acceptors (Lipinski definition) is 6. The Morgan fingerprint density at radius 2 is 1.73 bits per heavy atom. The summed E-state index contributed by atoms with van der Waals surface area (Å²) in [7, 11) is 0. The van der Waals surface area contributed by atoms with Crippen LogP contribution in [0.15, 0.2) is 60.7 Å². The minimum absolute atomic E-state index is 0.129. The molecule has 0 amide bonds. The SMILES string of the molecule is O=C(O)CCC/C=C\C[C@@H]1[C@@H](/C=C/[C@H](O)C2Oc3cc4ccccc4cc3O2)[C@H](O)C[C@@H]1O. The zero-order valence-corrected chi connectivity index (χ0v) is 18.3. The Bertz CT molecular complexity index is 986. The van der Waals surface area contributed by atoms with E-state index in [0.29, 0.717) is 30.8 Å². The number of carboxylic acid groups (broad SMARTS) is 1. The Balaban J connectivity index is 1.35. The van der Waals surface area contributed by atoms with Crippen LogP contribution in [0, 0.1) is 11.8 Å². The summed E-state index contributed by atoms with van der Waals surface area (Å²) in [5, 5.41) is 42.2. The van der Waals surface area contributed by atoms with Gasteiger partial charge in [-0.1, -0.05) is 48.6 Å². The molecule has 0 unspecified atom stereocenters. The van der Waals surface area contributed by atoms with Crippen LogP contribution < -0.4 is 9.47 Å². The molecule has 1 aliphatic heterocycles. The third kappa shape index (κ3) is 5.55. The van der Waals surface area contributed by atoms with Gasteiger partial charge in [0.15, 0.2) is 11.5 Å². The summed E-state index contributed by atoms with van der Waals surface area (Å²) in [5.74, 6) is -0.161. The first-order valence-corrected chi connectivity index (χ1v) is 11.4. The standard InChI is InChI=1S/C26H30O7/c27-20(26-32-23-13-16-7-5-6-8-17(16)14-24(23)33-26)12-11-19-18(21(28)15-22(19)29)9-3-1-2-4-10-25(30)31/h1,3,5-8,11-14,18-22,26-29H,2,4,9-10,15H2,(H,30,31)/b3-1-,12-11+/t18-,19-,20+,21+,22-/m1/s1. The first kappa shape index (κ1) is 23.3. The van der Waals surface area contributed by atoms with Gasteiger partial charge in [-0.2, -0.15) is 0 Å². The van der Waals surface area contributed by atoms with Gasteiger partial charge in [0, 0.05) is 18.8 Å². The molecule has 2 aromatic carbocycles. The molecule has 1 saturated carbocycles. The number of unbranched alkanes of at least 4 members (excludes halogenated alkanes) is 1. The van der Waals surface area contributed by atoms with E-state index < -0.39 is 30.6 Å². The summed E-state index contributed by atoms with van der Waals surface area (Å²) in [5.41, 5.74) is 0. The molecule has 2 aliphatic rings. The zero-order valence-electron chi connectivity index (χ0n) is 18.3.